The number of carbonyl (C=O) groups is 1. The standard InChI is InChI=1S/C15H18ClNO2/c1-10(2)7-12(9-16)17-15(18)14-8-11-5-3-4-6-13(11)19-14/h3-6,8,10,12H,7,9H2,1-2H3,(H,17,18). The van der Waals surface area contributed by atoms with Crippen molar-refractivity contribution in [2.45, 2.75) is 26.3 Å². The van der Waals surface area contributed by atoms with Gasteiger partial charge in [-0.05, 0) is 24.5 Å². The molecule has 0 bridgehead atoms. The van der Waals surface area contributed by atoms with Gasteiger partial charge >= 0.3 is 0 Å². The lowest BCUT2D eigenvalue weighted by Gasteiger charge is -2.17. The molecule has 0 aliphatic rings. The van der Waals surface area contributed by atoms with Gasteiger partial charge in [-0.1, -0.05) is 32.0 Å². The van der Waals surface area contributed by atoms with Crippen LogP contribution >= 0.6 is 11.6 Å². The summed E-state index contributed by atoms with van der Waals surface area (Å²) in [5.41, 5.74) is 0.721. The zero-order valence-electron chi connectivity index (χ0n) is 11.2. The van der Waals surface area contributed by atoms with Crippen LogP contribution in [-0.4, -0.2) is 17.8 Å². The molecular formula is C15H18ClNO2. The lowest BCUT2D eigenvalue weighted by Crippen LogP contribution is -2.36. The van der Waals surface area contributed by atoms with Gasteiger partial charge in [-0.15, -0.1) is 11.6 Å². The molecule has 0 spiro atoms. The molecule has 4 heteroatoms. The van der Waals surface area contributed by atoms with E-state index in [0.717, 1.165) is 17.4 Å². The second kappa shape index (κ2) is 6.11. The fraction of sp³-hybridized carbons (Fsp3) is 0.400. The Bertz CT molecular complexity index is 529. The maximum absolute atomic E-state index is 12.1. The number of halogens is 1. The highest BCUT2D eigenvalue weighted by molar-refractivity contribution is 6.18. The fourth-order valence-corrected chi connectivity index (χ4v) is 2.28. The van der Waals surface area contributed by atoms with E-state index in [-0.39, 0.29) is 11.9 Å². The van der Waals surface area contributed by atoms with E-state index in [4.69, 9.17) is 16.0 Å². The molecule has 102 valence electrons. The quantitative estimate of drug-likeness (QED) is 0.846. The van der Waals surface area contributed by atoms with E-state index in [1.807, 2.05) is 24.3 Å². The number of nitrogens with one attached hydrogen (secondary N) is 1. The van der Waals surface area contributed by atoms with Crippen LogP contribution in [0.25, 0.3) is 11.0 Å². The van der Waals surface area contributed by atoms with Crippen molar-refractivity contribution in [3.8, 4) is 0 Å². The highest BCUT2D eigenvalue weighted by Crippen LogP contribution is 2.19. The van der Waals surface area contributed by atoms with Gasteiger partial charge in [0.2, 0.25) is 0 Å². The zero-order valence-corrected chi connectivity index (χ0v) is 11.9. The van der Waals surface area contributed by atoms with E-state index < -0.39 is 0 Å². The molecule has 1 aromatic carbocycles. The third-order valence-electron chi connectivity index (χ3n) is 2.93. The van der Waals surface area contributed by atoms with Crippen LogP contribution < -0.4 is 5.32 Å². The summed E-state index contributed by atoms with van der Waals surface area (Å²) < 4.78 is 5.53. The molecule has 1 amide bonds. The summed E-state index contributed by atoms with van der Waals surface area (Å²) in [4.78, 5) is 12.1. The van der Waals surface area contributed by atoms with E-state index in [1.165, 1.54) is 0 Å². The van der Waals surface area contributed by atoms with Crippen LogP contribution in [0, 0.1) is 5.92 Å². The highest BCUT2D eigenvalue weighted by atomic mass is 35.5. The Morgan fingerprint density at radius 2 is 2.11 bits per heavy atom. The molecule has 1 N–H and O–H groups in total. The van der Waals surface area contributed by atoms with Crippen molar-refractivity contribution in [3.05, 3.63) is 36.1 Å². The van der Waals surface area contributed by atoms with Gasteiger partial charge in [-0.2, -0.15) is 0 Å². The molecule has 0 aliphatic heterocycles. The summed E-state index contributed by atoms with van der Waals surface area (Å²) in [6.45, 7) is 4.21. The summed E-state index contributed by atoms with van der Waals surface area (Å²) in [7, 11) is 0. The second-order valence-electron chi connectivity index (χ2n) is 5.10. The number of fused-ring (bicyclic) bond motifs is 1. The van der Waals surface area contributed by atoms with E-state index in [9.17, 15) is 4.79 Å². The number of para-hydroxylation sites is 1. The van der Waals surface area contributed by atoms with Crippen LogP contribution in [0.2, 0.25) is 0 Å². The first-order chi connectivity index (χ1) is 9.10. The van der Waals surface area contributed by atoms with Gasteiger partial charge in [0.05, 0.1) is 0 Å². The summed E-state index contributed by atoms with van der Waals surface area (Å²) in [6, 6.07) is 9.29. The lowest BCUT2D eigenvalue weighted by molar-refractivity contribution is 0.0911. The molecule has 1 unspecified atom stereocenters. The first kappa shape index (κ1) is 13.9. The number of alkyl halides is 1. The van der Waals surface area contributed by atoms with Crippen molar-refractivity contribution in [1.29, 1.82) is 0 Å². The third-order valence-corrected chi connectivity index (χ3v) is 3.30. The van der Waals surface area contributed by atoms with Crippen LogP contribution in [0.15, 0.2) is 34.7 Å². The monoisotopic (exact) mass is 279 g/mol. The number of hydrogen-bond donors (Lipinski definition) is 1. The van der Waals surface area contributed by atoms with E-state index in [2.05, 4.69) is 19.2 Å². The van der Waals surface area contributed by atoms with Crippen molar-refractivity contribution in [2.75, 3.05) is 5.88 Å². The number of carbonyl (C=O) groups excluding carboxylic acids is 1. The molecule has 2 rings (SSSR count). The maximum Gasteiger partial charge on any atom is 0.287 e. The Labute approximate surface area is 117 Å². The number of benzene rings is 1. The second-order valence-corrected chi connectivity index (χ2v) is 5.41. The molecule has 0 saturated heterocycles. The molecule has 3 nitrogen and oxygen atoms in total. The predicted molar refractivity (Wildman–Crippen MR) is 77.6 cm³/mol. The van der Waals surface area contributed by atoms with Gasteiger partial charge in [0.15, 0.2) is 5.76 Å². The minimum atomic E-state index is -0.206. The Kier molecular flexibility index (Phi) is 4.48. The molecule has 1 heterocycles. The Hall–Kier alpha value is -1.48. The molecular weight excluding hydrogens is 262 g/mol. The van der Waals surface area contributed by atoms with Crippen molar-refractivity contribution >= 4 is 28.5 Å². The number of rotatable bonds is 5. The predicted octanol–water partition coefficient (Wildman–Crippen LogP) is 3.82. The first-order valence-electron chi connectivity index (χ1n) is 6.45. The first-order valence-corrected chi connectivity index (χ1v) is 6.99. The average Bonchev–Trinajstić information content (AvgIpc) is 2.81. The van der Waals surface area contributed by atoms with Crippen molar-refractivity contribution in [2.24, 2.45) is 5.92 Å². The van der Waals surface area contributed by atoms with Crippen molar-refractivity contribution < 1.29 is 9.21 Å². The number of amides is 1. The fourth-order valence-electron chi connectivity index (χ4n) is 2.08. The summed E-state index contributed by atoms with van der Waals surface area (Å²) in [5, 5.41) is 3.84. The van der Waals surface area contributed by atoms with Gasteiger partial charge < -0.3 is 9.73 Å². The minimum Gasteiger partial charge on any atom is -0.451 e. The summed E-state index contributed by atoms with van der Waals surface area (Å²) in [6.07, 6.45) is 0.857. The zero-order chi connectivity index (χ0) is 13.8. The maximum atomic E-state index is 12.1. The van der Waals surface area contributed by atoms with E-state index in [1.54, 1.807) is 6.07 Å². The molecule has 1 aromatic heterocycles. The van der Waals surface area contributed by atoms with Gasteiger partial charge in [0, 0.05) is 17.3 Å². The van der Waals surface area contributed by atoms with Gasteiger partial charge in [-0.25, -0.2) is 0 Å². The van der Waals surface area contributed by atoms with Crippen LogP contribution in [0.5, 0.6) is 0 Å². The van der Waals surface area contributed by atoms with Crippen molar-refractivity contribution in [1.82, 2.24) is 5.32 Å². The third kappa shape index (κ3) is 3.51. The summed E-state index contributed by atoms with van der Waals surface area (Å²) >= 11 is 5.88. The van der Waals surface area contributed by atoms with Crippen LogP contribution in [0.1, 0.15) is 30.8 Å². The summed E-state index contributed by atoms with van der Waals surface area (Å²) in [5.74, 6) is 1.02. The molecule has 0 radical (unpaired) electrons. The number of hydrogen-bond acceptors (Lipinski definition) is 2. The SMILES string of the molecule is CC(C)CC(CCl)NC(=O)c1cc2ccccc2o1. The van der Waals surface area contributed by atoms with E-state index >= 15 is 0 Å². The Morgan fingerprint density at radius 1 is 1.37 bits per heavy atom. The molecule has 0 saturated carbocycles. The largest absolute Gasteiger partial charge is 0.451 e. The van der Waals surface area contributed by atoms with Crippen LogP contribution in [-0.2, 0) is 0 Å². The highest BCUT2D eigenvalue weighted by Gasteiger charge is 2.17. The van der Waals surface area contributed by atoms with Gasteiger partial charge in [-0.3, -0.25) is 4.79 Å². The normalized spacial score (nSPS) is 12.8. The smallest absolute Gasteiger partial charge is 0.287 e. The van der Waals surface area contributed by atoms with E-state index in [0.29, 0.717) is 17.6 Å². The van der Waals surface area contributed by atoms with Crippen molar-refractivity contribution in [3.63, 3.8) is 0 Å². The molecule has 0 fully saturated rings. The number of furan rings is 1. The lowest BCUT2D eigenvalue weighted by atomic mass is 10.1. The van der Waals surface area contributed by atoms with Crippen LogP contribution in [0.4, 0.5) is 0 Å². The minimum absolute atomic E-state index is 0.0256. The van der Waals surface area contributed by atoms with Gasteiger partial charge in [0.25, 0.3) is 5.91 Å². The average molecular weight is 280 g/mol. The molecule has 0 aliphatic carbocycles. The Morgan fingerprint density at radius 3 is 2.74 bits per heavy atom. The molecule has 19 heavy (non-hydrogen) atoms. The van der Waals surface area contributed by atoms with Crippen LogP contribution in [0.3, 0.4) is 0 Å². The molecule has 1 atom stereocenters. The Balaban J connectivity index is 2.10. The molecule has 2 aromatic rings. The van der Waals surface area contributed by atoms with Gasteiger partial charge in [0.1, 0.15) is 5.58 Å². The topological polar surface area (TPSA) is 42.2 Å².